The molecule has 0 saturated carbocycles. The highest BCUT2D eigenvalue weighted by Crippen LogP contribution is 2.46. The number of hydrogen-bond donors (Lipinski definition) is 2. The summed E-state index contributed by atoms with van der Waals surface area (Å²) in [6.45, 7) is 8.21. The van der Waals surface area contributed by atoms with E-state index in [1.54, 1.807) is 0 Å². The fourth-order valence-corrected chi connectivity index (χ4v) is 6.24. The van der Waals surface area contributed by atoms with E-state index in [0.29, 0.717) is 25.7 Å². The predicted molar refractivity (Wildman–Crippen MR) is 128 cm³/mol. The molecule has 0 saturated heterocycles. The lowest BCUT2D eigenvalue weighted by atomic mass is 9.69. The summed E-state index contributed by atoms with van der Waals surface area (Å²) in [4.78, 5) is 51.0. The molecule has 2 aliphatic heterocycles. The Kier molecular flexibility index (Phi) is 5.19. The second-order valence-corrected chi connectivity index (χ2v) is 11.9. The number of carbonyl (C=O) groups excluding carboxylic acids is 4. The molecule has 2 N–H and O–H groups in total. The lowest BCUT2D eigenvalue weighted by Crippen LogP contribution is -2.41. The van der Waals surface area contributed by atoms with Crippen molar-refractivity contribution in [3.05, 3.63) is 57.9 Å². The van der Waals surface area contributed by atoms with E-state index in [1.165, 1.54) is 0 Å². The second kappa shape index (κ2) is 7.76. The second-order valence-electron chi connectivity index (χ2n) is 11.9. The van der Waals surface area contributed by atoms with Crippen LogP contribution in [0.4, 0.5) is 0 Å². The van der Waals surface area contributed by atoms with Gasteiger partial charge in [0.1, 0.15) is 0 Å². The van der Waals surface area contributed by atoms with Gasteiger partial charge in [-0.3, -0.25) is 19.2 Å². The van der Waals surface area contributed by atoms with E-state index in [-0.39, 0.29) is 58.9 Å². The molecule has 34 heavy (non-hydrogen) atoms. The highest BCUT2D eigenvalue weighted by Gasteiger charge is 2.42. The lowest BCUT2D eigenvalue weighted by Gasteiger charge is -2.38. The average Bonchev–Trinajstić information content (AvgIpc) is 2.70. The quantitative estimate of drug-likeness (QED) is 0.693. The van der Waals surface area contributed by atoms with Crippen LogP contribution in [0.2, 0.25) is 0 Å². The number of hydrogen-bond acceptors (Lipinski definition) is 4. The highest BCUT2D eigenvalue weighted by molar-refractivity contribution is 6.03. The first-order valence-electron chi connectivity index (χ1n) is 12.1. The van der Waals surface area contributed by atoms with E-state index in [4.69, 9.17) is 0 Å². The van der Waals surface area contributed by atoms with Crippen LogP contribution in [-0.2, 0) is 19.2 Å². The molecule has 2 aliphatic carbocycles. The molecule has 0 radical (unpaired) electrons. The molecule has 4 aliphatic rings. The lowest BCUT2D eigenvalue weighted by molar-refractivity contribution is -0.124. The summed E-state index contributed by atoms with van der Waals surface area (Å²) < 4.78 is 0. The first kappa shape index (κ1) is 22.8. The third-order valence-electron chi connectivity index (χ3n) is 7.64. The van der Waals surface area contributed by atoms with E-state index in [9.17, 15) is 19.2 Å². The van der Waals surface area contributed by atoms with Crippen molar-refractivity contribution in [2.24, 2.45) is 10.8 Å². The minimum absolute atomic E-state index is 0.0625. The van der Waals surface area contributed by atoms with Crippen LogP contribution in [-0.4, -0.2) is 23.4 Å². The molecule has 1 aromatic rings. The normalized spacial score (nSPS) is 28.2. The van der Waals surface area contributed by atoms with Crippen molar-refractivity contribution in [1.82, 2.24) is 10.6 Å². The minimum Gasteiger partial charge on any atom is -0.329 e. The molecule has 6 heteroatoms. The Morgan fingerprint density at radius 1 is 0.618 bits per heavy atom. The first-order chi connectivity index (χ1) is 15.9. The van der Waals surface area contributed by atoms with Gasteiger partial charge in [0.05, 0.1) is 0 Å². The molecule has 2 unspecified atom stereocenters. The Labute approximate surface area is 200 Å². The summed E-state index contributed by atoms with van der Waals surface area (Å²) in [5.74, 6) is -0.435. The van der Waals surface area contributed by atoms with E-state index >= 15 is 0 Å². The monoisotopic (exact) mass is 460 g/mol. The van der Waals surface area contributed by atoms with Gasteiger partial charge in [0.15, 0.2) is 11.6 Å². The predicted octanol–water partition coefficient (Wildman–Crippen LogP) is 4.18. The van der Waals surface area contributed by atoms with Gasteiger partial charge >= 0.3 is 0 Å². The smallest absolute Gasteiger partial charge is 0.225 e. The van der Waals surface area contributed by atoms with Gasteiger partial charge < -0.3 is 10.6 Å². The number of allylic oxidation sites excluding steroid dienone is 4. The molecule has 2 amide bonds. The standard InChI is InChI=1S/C28H32N2O4/c1-27(2)11-19-25(21(31)13-27)17(9-23(33)29-19)15-5-7-16(8-6-15)18-10-24(34)30-20-12-28(3,4)14-22(32)26(18)20/h5-8,17-18H,9-14H2,1-4H3,(H,29,33)(H,30,34). The van der Waals surface area contributed by atoms with E-state index in [2.05, 4.69) is 38.3 Å². The van der Waals surface area contributed by atoms with Crippen molar-refractivity contribution in [3.63, 3.8) is 0 Å². The number of amides is 2. The Balaban J connectivity index is 1.48. The number of rotatable bonds is 2. The van der Waals surface area contributed by atoms with Crippen LogP contribution in [0.3, 0.4) is 0 Å². The van der Waals surface area contributed by atoms with E-state index in [0.717, 1.165) is 33.7 Å². The zero-order valence-electron chi connectivity index (χ0n) is 20.3. The molecule has 6 nitrogen and oxygen atoms in total. The summed E-state index contributed by atoms with van der Waals surface area (Å²) in [6.07, 6.45) is 2.81. The molecule has 2 atom stereocenters. The van der Waals surface area contributed by atoms with Crippen LogP contribution in [0.15, 0.2) is 46.8 Å². The maximum absolute atomic E-state index is 13.0. The fraction of sp³-hybridized carbons (Fsp3) is 0.500. The summed E-state index contributed by atoms with van der Waals surface area (Å²) in [5.41, 5.74) is 4.51. The van der Waals surface area contributed by atoms with Gasteiger partial charge in [0.2, 0.25) is 11.8 Å². The molecule has 5 rings (SSSR count). The molecular formula is C28H32N2O4. The van der Waals surface area contributed by atoms with Gasteiger partial charge in [0, 0.05) is 60.1 Å². The molecule has 0 spiro atoms. The summed E-state index contributed by atoms with van der Waals surface area (Å²) in [6, 6.07) is 7.83. The van der Waals surface area contributed by atoms with Gasteiger partial charge in [-0.05, 0) is 34.8 Å². The van der Waals surface area contributed by atoms with Gasteiger partial charge in [-0.15, -0.1) is 0 Å². The Bertz CT molecular complexity index is 1090. The Morgan fingerprint density at radius 3 is 1.32 bits per heavy atom. The van der Waals surface area contributed by atoms with Crippen LogP contribution in [0, 0.1) is 10.8 Å². The third kappa shape index (κ3) is 4.04. The van der Waals surface area contributed by atoms with Crippen LogP contribution in [0.25, 0.3) is 0 Å². The van der Waals surface area contributed by atoms with Crippen molar-refractivity contribution < 1.29 is 19.2 Å². The van der Waals surface area contributed by atoms with Crippen molar-refractivity contribution in [1.29, 1.82) is 0 Å². The van der Waals surface area contributed by atoms with Crippen LogP contribution < -0.4 is 10.6 Å². The molecule has 2 heterocycles. The van der Waals surface area contributed by atoms with Crippen molar-refractivity contribution >= 4 is 23.4 Å². The Hall–Kier alpha value is -3.02. The maximum Gasteiger partial charge on any atom is 0.225 e. The zero-order chi connectivity index (χ0) is 24.4. The highest BCUT2D eigenvalue weighted by atomic mass is 16.2. The van der Waals surface area contributed by atoms with E-state index in [1.807, 2.05) is 24.3 Å². The number of benzene rings is 1. The van der Waals surface area contributed by atoms with Gasteiger partial charge in [-0.25, -0.2) is 0 Å². The minimum atomic E-state index is -0.261. The van der Waals surface area contributed by atoms with Crippen molar-refractivity contribution in [2.45, 2.75) is 78.1 Å². The third-order valence-corrected chi connectivity index (χ3v) is 7.64. The van der Waals surface area contributed by atoms with Gasteiger partial charge in [0.25, 0.3) is 0 Å². The number of ketones is 2. The molecule has 0 aromatic heterocycles. The zero-order valence-corrected chi connectivity index (χ0v) is 20.3. The summed E-state index contributed by atoms with van der Waals surface area (Å²) >= 11 is 0. The molecule has 178 valence electrons. The first-order valence-corrected chi connectivity index (χ1v) is 12.1. The number of nitrogens with one attached hydrogen (secondary N) is 2. The number of Topliss-reactive ketones (excluding diaryl/α,β-unsaturated/α-hetero) is 2. The van der Waals surface area contributed by atoms with E-state index < -0.39 is 0 Å². The summed E-state index contributed by atoms with van der Waals surface area (Å²) in [5, 5.41) is 5.89. The SMILES string of the molecule is CC1(C)CC(=O)C2=C(C1)NC(=O)CC2c1ccc(C2CC(=O)NC3=C2C(=O)CC(C)(C)C3)cc1. The van der Waals surface area contributed by atoms with Gasteiger partial charge in [-0.2, -0.15) is 0 Å². The summed E-state index contributed by atoms with van der Waals surface area (Å²) in [7, 11) is 0. The molecule has 0 fully saturated rings. The molecular weight excluding hydrogens is 428 g/mol. The largest absolute Gasteiger partial charge is 0.329 e. The molecule has 1 aromatic carbocycles. The maximum atomic E-state index is 13.0. The fourth-order valence-electron chi connectivity index (χ4n) is 6.24. The average molecular weight is 461 g/mol. The van der Waals surface area contributed by atoms with Gasteiger partial charge in [-0.1, -0.05) is 52.0 Å². The van der Waals surface area contributed by atoms with Crippen LogP contribution in [0.5, 0.6) is 0 Å². The van der Waals surface area contributed by atoms with Crippen molar-refractivity contribution in [2.75, 3.05) is 0 Å². The number of carbonyl (C=O) groups is 4. The van der Waals surface area contributed by atoms with Crippen LogP contribution in [0.1, 0.15) is 89.2 Å². The Morgan fingerprint density at radius 2 is 0.971 bits per heavy atom. The van der Waals surface area contributed by atoms with Crippen molar-refractivity contribution in [3.8, 4) is 0 Å². The molecule has 0 bridgehead atoms. The van der Waals surface area contributed by atoms with Crippen LogP contribution >= 0.6 is 0 Å². The topological polar surface area (TPSA) is 92.3 Å².